The standard InChI is InChI=1S/C13H12BrFN2/c1-8-4-5-17-13(16)11(8)7-9-6-10(14)2-3-12(9)15/h2-6H,7H2,1H3,(H2,16,17). The van der Waals surface area contributed by atoms with Crippen LogP contribution in [0.2, 0.25) is 0 Å². The fraction of sp³-hybridized carbons (Fsp3) is 0.154. The molecule has 2 rings (SSSR count). The molecule has 0 aliphatic heterocycles. The number of hydrogen-bond acceptors (Lipinski definition) is 2. The third kappa shape index (κ3) is 2.64. The molecule has 0 aliphatic carbocycles. The molecule has 1 heterocycles. The molecule has 2 nitrogen and oxygen atoms in total. The van der Waals surface area contributed by atoms with Crippen molar-refractivity contribution in [1.29, 1.82) is 0 Å². The van der Waals surface area contributed by atoms with E-state index in [0.29, 0.717) is 17.8 Å². The fourth-order valence-corrected chi connectivity index (χ4v) is 2.12. The third-order valence-corrected chi connectivity index (χ3v) is 3.19. The summed E-state index contributed by atoms with van der Waals surface area (Å²) < 4.78 is 14.5. The number of nitrogens with zero attached hydrogens (tertiary/aromatic N) is 1. The van der Waals surface area contributed by atoms with Gasteiger partial charge >= 0.3 is 0 Å². The van der Waals surface area contributed by atoms with E-state index in [9.17, 15) is 4.39 Å². The smallest absolute Gasteiger partial charge is 0.127 e. The highest BCUT2D eigenvalue weighted by Crippen LogP contribution is 2.22. The van der Waals surface area contributed by atoms with E-state index in [4.69, 9.17) is 5.73 Å². The van der Waals surface area contributed by atoms with Gasteiger partial charge in [0.15, 0.2) is 0 Å². The van der Waals surface area contributed by atoms with E-state index in [1.807, 2.05) is 13.0 Å². The van der Waals surface area contributed by atoms with Crippen LogP contribution in [-0.4, -0.2) is 4.98 Å². The van der Waals surface area contributed by atoms with Crippen molar-refractivity contribution >= 4 is 21.7 Å². The molecule has 17 heavy (non-hydrogen) atoms. The van der Waals surface area contributed by atoms with Crippen molar-refractivity contribution in [3.8, 4) is 0 Å². The highest BCUT2D eigenvalue weighted by Gasteiger charge is 2.09. The summed E-state index contributed by atoms with van der Waals surface area (Å²) in [6.45, 7) is 1.95. The first kappa shape index (κ1) is 12.0. The summed E-state index contributed by atoms with van der Waals surface area (Å²) in [6.07, 6.45) is 2.11. The van der Waals surface area contributed by atoms with E-state index in [0.717, 1.165) is 15.6 Å². The summed E-state index contributed by atoms with van der Waals surface area (Å²) in [5, 5.41) is 0. The lowest BCUT2D eigenvalue weighted by atomic mass is 10.0. The van der Waals surface area contributed by atoms with Gasteiger partial charge in [0, 0.05) is 22.7 Å². The van der Waals surface area contributed by atoms with Crippen molar-refractivity contribution in [3.63, 3.8) is 0 Å². The minimum absolute atomic E-state index is 0.226. The predicted molar refractivity (Wildman–Crippen MR) is 70.3 cm³/mol. The van der Waals surface area contributed by atoms with Crippen LogP contribution in [0, 0.1) is 12.7 Å². The Bertz CT molecular complexity index is 535. The Morgan fingerprint density at radius 3 is 2.82 bits per heavy atom. The minimum atomic E-state index is -0.226. The second-order valence-corrected chi connectivity index (χ2v) is 4.82. The first-order valence-electron chi connectivity index (χ1n) is 5.22. The number of pyridine rings is 1. The van der Waals surface area contributed by atoms with Gasteiger partial charge in [-0.1, -0.05) is 15.9 Å². The largest absolute Gasteiger partial charge is 0.383 e. The molecule has 0 bridgehead atoms. The average molecular weight is 295 g/mol. The fourth-order valence-electron chi connectivity index (χ4n) is 1.71. The van der Waals surface area contributed by atoms with Crippen molar-refractivity contribution < 1.29 is 4.39 Å². The molecule has 1 aromatic carbocycles. The van der Waals surface area contributed by atoms with Gasteiger partial charge in [-0.25, -0.2) is 9.37 Å². The molecule has 0 amide bonds. The molecule has 0 radical (unpaired) electrons. The van der Waals surface area contributed by atoms with Crippen molar-refractivity contribution in [3.05, 3.63) is 57.4 Å². The normalized spacial score (nSPS) is 10.5. The molecule has 2 aromatic rings. The first-order valence-corrected chi connectivity index (χ1v) is 6.01. The summed E-state index contributed by atoms with van der Waals surface area (Å²) in [5.74, 6) is 0.236. The van der Waals surface area contributed by atoms with E-state index in [2.05, 4.69) is 20.9 Å². The van der Waals surface area contributed by atoms with Gasteiger partial charge < -0.3 is 5.73 Å². The lowest BCUT2D eigenvalue weighted by molar-refractivity contribution is 0.613. The van der Waals surface area contributed by atoms with Crippen LogP contribution in [-0.2, 0) is 6.42 Å². The maximum atomic E-state index is 13.6. The summed E-state index contributed by atoms with van der Waals surface area (Å²) in [6, 6.07) is 6.77. The van der Waals surface area contributed by atoms with E-state index in [-0.39, 0.29) is 5.82 Å². The molecule has 0 aliphatic rings. The molecule has 0 saturated carbocycles. The van der Waals surface area contributed by atoms with Crippen LogP contribution in [0.4, 0.5) is 10.2 Å². The molecular formula is C13H12BrFN2. The number of nitrogen functional groups attached to an aromatic ring is 1. The minimum Gasteiger partial charge on any atom is -0.383 e. The quantitative estimate of drug-likeness (QED) is 0.921. The van der Waals surface area contributed by atoms with Gasteiger partial charge in [-0.3, -0.25) is 0 Å². The lowest BCUT2D eigenvalue weighted by Crippen LogP contribution is -2.02. The molecule has 88 valence electrons. The van der Waals surface area contributed by atoms with Crippen molar-refractivity contribution in [1.82, 2.24) is 4.98 Å². The Morgan fingerprint density at radius 1 is 1.35 bits per heavy atom. The zero-order valence-corrected chi connectivity index (χ0v) is 11.0. The monoisotopic (exact) mass is 294 g/mol. The van der Waals surface area contributed by atoms with Crippen LogP contribution in [0.3, 0.4) is 0 Å². The van der Waals surface area contributed by atoms with E-state index < -0.39 is 0 Å². The Kier molecular flexibility index (Phi) is 3.43. The highest BCUT2D eigenvalue weighted by molar-refractivity contribution is 9.10. The van der Waals surface area contributed by atoms with Gasteiger partial charge in [0.25, 0.3) is 0 Å². The van der Waals surface area contributed by atoms with Crippen LogP contribution >= 0.6 is 15.9 Å². The van der Waals surface area contributed by atoms with Crippen molar-refractivity contribution in [2.45, 2.75) is 13.3 Å². The summed E-state index contributed by atoms with van der Waals surface area (Å²) in [4.78, 5) is 4.03. The molecule has 0 spiro atoms. The number of anilines is 1. The topological polar surface area (TPSA) is 38.9 Å². The summed E-state index contributed by atoms with van der Waals surface area (Å²) in [7, 11) is 0. The van der Waals surface area contributed by atoms with Crippen LogP contribution in [0.1, 0.15) is 16.7 Å². The molecule has 0 atom stereocenters. The maximum Gasteiger partial charge on any atom is 0.127 e. The van der Waals surface area contributed by atoms with Gasteiger partial charge in [0.2, 0.25) is 0 Å². The Hall–Kier alpha value is -1.42. The zero-order chi connectivity index (χ0) is 12.4. The van der Waals surface area contributed by atoms with Crippen LogP contribution < -0.4 is 5.73 Å². The van der Waals surface area contributed by atoms with Gasteiger partial charge in [-0.15, -0.1) is 0 Å². The molecule has 0 unspecified atom stereocenters. The second-order valence-electron chi connectivity index (χ2n) is 3.90. The predicted octanol–water partition coefficient (Wildman–Crippen LogP) is 3.46. The Labute approximate surface area is 108 Å². The van der Waals surface area contributed by atoms with E-state index >= 15 is 0 Å². The van der Waals surface area contributed by atoms with Crippen LogP contribution in [0.5, 0.6) is 0 Å². The Balaban J connectivity index is 2.41. The van der Waals surface area contributed by atoms with Crippen LogP contribution in [0.25, 0.3) is 0 Å². The van der Waals surface area contributed by atoms with Crippen molar-refractivity contribution in [2.24, 2.45) is 0 Å². The van der Waals surface area contributed by atoms with Gasteiger partial charge in [-0.2, -0.15) is 0 Å². The maximum absolute atomic E-state index is 13.6. The van der Waals surface area contributed by atoms with Crippen molar-refractivity contribution in [2.75, 3.05) is 5.73 Å². The van der Waals surface area contributed by atoms with Gasteiger partial charge in [-0.05, 0) is 42.3 Å². The molecule has 4 heteroatoms. The number of rotatable bonds is 2. The van der Waals surface area contributed by atoms with Gasteiger partial charge in [0.05, 0.1) is 0 Å². The summed E-state index contributed by atoms with van der Waals surface area (Å²) >= 11 is 3.33. The third-order valence-electron chi connectivity index (χ3n) is 2.70. The number of halogens is 2. The zero-order valence-electron chi connectivity index (χ0n) is 9.37. The molecule has 0 saturated heterocycles. The number of aryl methyl sites for hydroxylation is 1. The number of hydrogen-bond donors (Lipinski definition) is 1. The first-order chi connectivity index (χ1) is 8.08. The molecule has 0 fully saturated rings. The average Bonchev–Trinajstić information content (AvgIpc) is 2.28. The Morgan fingerprint density at radius 2 is 2.12 bits per heavy atom. The number of benzene rings is 1. The molecule has 2 N–H and O–H groups in total. The number of nitrogens with two attached hydrogens (primary N) is 1. The van der Waals surface area contributed by atoms with E-state index in [1.54, 1.807) is 18.3 Å². The van der Waals surface area contributed by atoms with Gasteiger partial charge in [0.1, 0.15) is 11.6 Å². The molecular weight excluding hydrogens is 283 g/mol. The number of aromatic nitrogens is 1. The molecule has 1 aromatic heterocycles. The SMILES string of the molecule is Cc1ccnc(N)c1Cc1cc(Br)ccc1F. The highest BCUT2D eigenvalue weighted by atomic mass is 79.9. The summed E-state index contributed by atoms with van der Waals surface area (Å²) in [5.41, 5.74) is 8.33. The second kappa shape index (κ2) is 4.84. The van der Waals surface area contributed by atoms with E-state index in [1.165, 1.54) is 6.07 Å². The van der Waals surface area contributed by atoms with Crippen LogP contribution in [0.15, 0.2) is 34.9 Å². The lowest BCUT2D eigenvalue weighted by Gasteiger charge is -2.09.